The Kier molecular flexibility index (Phi) is 11.3. The zero-order chi connectivity index (χ0) is 25.9. The fraction of sp³-hybridized carbons (Fsp3) is 0.182. The molecular formula is C33H34BrO3P. The zero-order valence-electron chi connectivity index (χ0n) is 21.9. The van der Waals surface area contributed by atoms with E-state index in [4.69, 9.17) is 9.47 Å². The minimum atomic E-state index is -2.35. The van der Waals surface area contributed by atoms with Gasteiger partial charge in [-0.05, 0) is 62.2 Å². The van der Waals surface area contributed by atoms with Crippen molar-refractivity contribution in [3.05, 3.63) is 138 Å². The second-order valence-electron chi connectivity index (χ2n) is 8.69. The van der Waals surface area contributed by atoms with Crippen molar-refractivity contribution in [3.63, 3.8) is 0 Å². The third-order valence-corrected chi connectivity index (χ3v) is 10.3. The van der Waals surface area contributed by atoms with E-state index >= 15 is 0 Å². The summed E-state index contributed by atoms with van der Waals surface area (Å²) in [7, 11) is -2.35. The first-order chi connectivity index (χ1) is 18.2. The van der Waals surface area contributed by atoms with Gasteiger partial charge in [0, 0.05) is 0 Å². The lowest BCUT2D eigenvalue weighted by Crippen LogP contribution is -3.00. The highest BCUT2D eigenvalue weighted by atomic mass is 79.9. The second-order valence-corrected chi connectivity index (χ2v) is 11.9. The first-order valence-corrected chi connectivity index (χ1v) is 14.7. The van der Waals surface area contributed by atoms with Gasteiger partial charge in [-0.3, -0.25) is 4.79 Å². The van der Waals surface area contributed by atoms with Crippen LogP contribution in [0.5, 0.6) is 0 Å². The second kappa shape index (κ2) is 14.7. The van der Waals surface area contributed by atoms with Gasteiger partial charge in [0.15, 0.2) is 0 Å². The highest BCUT2D eigenvalue weighted by Crippen LogP contribution is 2.58. The molecule has 4 aromatic carbocycles. The van der Waals surface area contributed by atoms with Gasteiger partial charge in [0.25, 0.3) is 0 Å². The first-order valence-electron chi connectivity index (χ1n) is 12.8. The molecule has 0 aliphatic carbocycles. The van der Waals surface area contributed by atoms with Gasteiger partial charge in [-0.2, -0.15) is 0 Å². The molecule has 4 aromatic rings. The van der Waals surface area contributed by atoms with Crippen LogP contribution in [-0.2, 0) is 20.7 Å². The fourth-order valence-electron chi connectivity index (χ4n) is 4.64. The van der Waals surface area contributed by atoms with Crippen LogP contribution in [0.15, 0.2) is 133 Å². The van der Waals surface area contributed by atoms with Crippen LogP contribution in [0.25, 0.3) is 0 Å². The van der Waals surface area contributed by atoms with Crippen LogP contribution in [0.2, 0.25) is 0 Å². The number of esters is 1. The molecule has 0 amide bonds. The van der Waals surface area contributed by atoms with Crippen molar-refractivity contribution < 1.29 is 31.2 Å². The number of benzene rings is 4. The lowest BCUT2D eigenvalue weighted by atomic mass is 9.98. The molecule has 0 radical (unpaired) electrons. The maximum atomic E-state index is 13.4. The molecule has 0 spiro atoms. The molecule has 1 atom stereocenters. The highest BCUT2D eigenvalue weighted by Gasteiger charge is 2.46. The fourth-order valence-corrected chi connectivity index (χ4v) is 8.54. The van der Waals surface area contributed by atoms with E-state index in [9.17, 15) is 4.79 Å². The van der Waals surface area contributed by atoms with Gasteiger partial charge in [-0.25, -0.2) is 0 Å². The molecule has 4 rings (SSSR count). The highest BCUT2D eigenvalue weighted by molar-refractivity contribution is 7.98. The molecule has 196 valence electrons. The van der Waals surface area contributed by atoms with E-state index in [-0.39, 0.29) is 23.0 Å². The normalized spacial score (nSPS) is 12.2. The van der Waals surface area contributed by atoms with E-state index in [1.165, 1.54) is 15.9 Å². The summed E-state index contributed by atoms with van der Waals surface area (Å²) < 4.78 is 11.9. The number of hydrogen-bond donors (Lipinski definition) is 0. The van der Waals surface area contributed by atoms with E-state index in [2.05, 4.69) is 78.6 Å². The summed E-state index contributed by atoms with van der Waals surface area (Å²) >= 11 is 0. The molecule has 38 heavy (non-hydrogen) atoms. The third-order valence-electron chi connectivity index (χ3n) is 6.32. The molecule has 0 aliphatic heterocycles. The Morgan fingerprint density at radius 2 is 1.05 bits per heavy atom. The Morgan fingerprint density at radius 3 is 1.45 bits per heavy atom. The van der Waals surface area contributed by atoms with E-state index in [0.29, 0.717) is 25.4 Å². The lowest BCUT2D eigenvalue weighted by molar-refractivity contribution is -0.147. The number of halogens is 1. The number of carbonyl (C=O) groups is 1. The van der Waals surface area contributed by atoms with Gasteiger partial charge < -0.3 is 26.5 Å². The molecule has 3 nitrogen and oxygen atoms in total. The van der Waals surface area contributed by atoms with Gasteiger partial charge in [0.1, 0.15) is 40.7 Å². The molecule has 0 aromatic heterocycles. The third kappa shape index (κ3) is 6.81. The number of hydrogen-bond acceptors (Lipinski definition) is 3. The Bertz CT molecular complexity index is 1180. The summed E-state index contributed by atoms with van der Waals surface area (Å²) in [6.45, 7) is 4.58. The molecule has 1 unspecified atom stereocenters. The minimum Gasteiger partial charge on any atom is -1.00 e. The molecular weight excluding hydrogens is 555 g/mol. The summed E-state index contributed by atoms with van der Waals surface area (Å²) in [4.78, 5) is 13.4. The Hall–Kier alpha value is -3.20. The molecule has 0 N–H and O–H groups in total. The Labute approximate surface area is 237 Å². The SMILES string of the molecule is CCOC(=O)C(Cc1ccccc1)/C(=C/[P+](c1ccccc1)(c1ccccc1)c1ccccc1)OCC.[Br-]. The number of rotatable bonds is 11. The predicted octanol–water partition coefficient (Wildman–Crippen LogP) is 3.28. The van der Waals surface area contributed by atoms with Crippen LogP contribution in [0, 0.1) is 5.92 Å². The largest absolute Gasteiger partial charge is 1.00 e. The monoisotopic (exact) mass is 588 g/mol. The number of carbonyl (C=O) groups excluding carboxylic acids is 1. The van der Waals surface area contributed by atoms with Crippen molar-refractivity contribution in [1.82, 2.24) is 0 Å². The van der Waals surface area contributed by atoms with E-state index in [1.807, 2.05) is 62.4 Å². The van der Waals surface area contributed by atoms with Crippen molar-refractivity contribution in [2.24, 2.45) is 5.92 Å². The standard InChI is InChI=1S/C33H34O3P.BrH/c1-3-35-32(31(33(34)36-4-2)25-27-17-9-5-10-18-27)26-37(28-19-11-6-12-20-28,29-21-13-7-14-22-29)30-23-15-8-16-24-30;/h5-24,26,31H,3-4,25H2,1-2H3;1H/q+1;/p-1/b32-26-;. The summed E-state index contributed by atoms with van der Waals surface area (Å²) in [6.07, 6.45) is 0.504. The molecule has 0 bridgehead atoms. The van der Waals surface area contributed by atoms with Gasteiger partial charge in [-0.1, -0.05) is 84.9 Å². The van der Waals surface area contributed by atoms with E-state index in [0.717, 1.165) is 5.56 Å². The Balaban J connectivity index is 0.00000400. The van der Waals surface area contributed by atoms with Crippen molar-refractivity contribution in [2.45, 2.75) is 20.3 Å². The quantitative estimate of drug-likeness (QED) is 0.153. The predicted molar refractivity (Wildman–Crippen MR) is 155 cm³/mol. The Morgan fingerprint density at radius 1 is 0.658 bits per heavy atom. The molecule has 0 aliphatic rings. The summed E-state index contributed by atoms with van der Waals surface area (Å²) in [5.41, 5.74) is 1.06. The van der Waals surface area contributed by atoms with Gasteiger partial charge in [0.05, 0.1) is 13.2 Å². The average molecular weight is 590 g/mol. The summed E-state index contributed by atoms with van der Waals surface area (Å²) in [6, 6.07) is 41.8. The van der Waals surface area contributed by atoms with Crippen molar-refractivity contribution in [2.75, 3.05) is 13.2 Å². The van der Waals surface area contributed by atoms with Crippen molar-refractivity contribution in [3.8, 4) is 0 Å². The summed E-state index contributed by atoms with van der Waals surface area (Å²) in [5.74, 6) is 2.09. The minimum absolute atomic E-state index is 0. The van der Waals surface area contributed by atoms with Gasteiger partial charge >= 0.3 is 5.97 Å². The average Bonchev–Trinajstić information content (AvgIpc) is 2.96. The first kappa shape index (κ1) is 29.4. The lowest BCUT2D eigenvalue weighted by Gasteiger charge is -2.27. The smallest absolute Gasteiger partial charge is 0.317 e. The van der Waals surface area contributed by atoms with Crippen molar-refractivity contribution in [1.29, 1.82) is 0 Å². The molecule has 5 heteroatoms. The maximum absolute atomic E-state index is 13.4. The van der Waals surface area contributed by atoms with Crippen LogP contribution >= 0.6 is 7.26 Å². The van der Waals surface area contributed by atoms with Crippen molar-refractivity contribution >= 4 is 29.1 Å². The molecule has 0 heterocycles. The van der Waals surface area contributed by atoms with Crippen LogP contribution in [0.1, 0.15) is 19.4 Å². The van der Waals surface area contributed by atoms with E-state index < -0.39 is 13.2 Å². The molecule has 0 saturated heterocycles. The summed E-state index contributed by atoms with van der Waals surface area (Å²) in [5, 5.41) is 3.60. The van der Waals surface area contributed by atoms with Crippen LogP contribution in [0.3, 0.4) is 0 Å². The maximum Gasteiger partial charge on any atom is 0.317 e. The van der Waals surface area contributed by atoms with Gasteiger partial charge in [-0.15, -0.1) is 0 Å². The zero-order valence-corrected chi connectivity index (χ0v) is 24.4. The molecule has 0 fully saturated rings. The van der Waals surface area contributed by atoms with Gasteiger partial charge in [0.2, 0.25) is 0 Å². The molecule has 0 saturated carbocycles. The van der Waals surface area contributed by atoms with Crippen LogP contribution in [-0.4, -0.2) is 19.2 Å². The topological polar surface area (TPSA) is 35.5 Å². The van der Waals surface area contributed by atoms with E-state index in [1.54, 1.807) is 0 Å². The van der Waals surface area contributed by atoms with Crippen LogP contribution < -0.4 is 32.9 Å². The number of ether oxygens (including phenoxy) is 2. The van der Waals surface area contributed by atoms with Crippen LogP contribution in [0.4, 0.5) is 0 Å².